The first-order valence-corrected chi connectivity index (χ1v) is 10.9. The Balaban J connectivity index is 1.27. The number of nitrogens with zero attached hydrogens (tertiary/aromatic N) is 6. The van der Waals surface area contributed by atoms with Gasteiger partial charge in [0.05, 0.1) is 5.52 Å². The van der Waals surface area contributed by atoms with Gasteiger partial charge in [0, 0.05) is 24.8 Å². The van der Waals surface area contributed by atoms with Crippen molar-refractivity contribution in [1.29, 1.82) is 0 Å². The summed E-state index contributed by atoms with van der Waals surface area (Å²) in [7, 11) is 0. The zero-order valence-electron chi connectivity index (χ0n) is 18.2. The zero-order chi connectivity index (χ0) is 22.1. The molecule has 3 heterocycles. The fourth-order valence-corrected chi connectivity index (χ4v) is 4.04. The lowest BCUT2D eigenvalue weighted by Crippen LogP contribution is -2.25. The van der Waals surface area contributed by atoms with Gasteiger partial charge in [-0.05, 0) is 44.4 Å². The molecule has 1 N–H and O–H groups in total. The highest BCUT2D eigenvalue weighted by molar-refractivity contribution is 5.93. The Morgan fingerprint density at radius 1 is 1.00 bits per heavy atom. The van der Waals surface area contributed by atoms with Crippen LogP contribution in [0.5, 0.6) is 0 Å². The predicted molar refractivity (Wildman–Crippen MR) is 123 cm³/mol. The Kier molecular flexibility index (Phi) is 5.26. The summed E-state index contributed by atoms with van der Waals surface area (Å²) in [5.74, 6) is 2.20. The number of hydrogen-bond donors (Lipinski definition) is 1. The number of fused-ring (bicyclic) bond motifs is 6. The Labute approximate surface area is 185 Å². The van der Waals surface area contributed by atoms with E-state index in [-0.39, 0.29) is 5.91 Å². The van der Waals surface area contributed by atoms with Gasteiger partial charge in [-0.3, -0.25) is 9.20 Å². The second-order valence-electron chi connectivity index (χ2n) is 8.10. The number of nitrogens with one attached hydrogen (secondary N) is 1. The molecule has 1 amide bonds. The van der Waals surface area contributed by atoms with Crippen LogP contribution in [0.2, 0.25) is 0 Å². The lowest BCUT2D eigenvalue weighted by molar-refractivity contribution is -0.121. The second kappa shape index (κ2) is 8.37. The van der Waals surface area contributed by atoms with E-state index in [2.05, 4.69) is 56.8 Å². The normalized spacial score (nSPS) is 11.6. The van der Waals surface area contributed by atoms with Gasteiger partial charge in [-0.1, -0.05) is 42.0 Å². The smallest absolute Gasteiger partial charge is 0.258 e. The predicted octanol–water partition coefficient (Wildman–Crippen LogP) is 3.22. The Morgan fingerprint density at radius 3 is 2.66 bits per heavy atom. The molecule has 2 aromatic carbocycles. The van der Waals surface area contributed by atoms with Gasteiger partial charge in [0.15, 0.2) is 5.65 Å². The molecule has 0 aliphatic carbocycles. The number of aromatic nitrogens is 6. The monoisotopic (exact) mass is 427 g/mol. The Bertz CT molecular complexity index is 1420. The van der Waals surface area contributed by atoms with Crippen molar-refractivity contribution in [3.63, 3.8) is 0 Å². The lowest BCUT2D eigenvalue weighted by Gasteiger charge is -2.07. The standard InChI is InChI=1S/C24H25N7O/c1-16-10-12-18(13-11-16)14-15-25-22(32)9-5-8-21-27-28-24-30(21)20-7-4-3-6-19(20)23-26-17(2)29-31(23)24/h3-4,6-7,10-13H,5,8-9,14-15H2,1-2H3,(H,25,32). The molecule has 0 atom stereocenters. The molecule has 0 bridgehead atoms. The van der Waals surface area contributed by atoms with E-state index in [1.165, 1.54) is 11.1 Å². The summed E-state index contributed by atoms with van der Waals surface area (Å²) in [4.78, 5) is 16.9. The molecule has 0 fully saturated rings. The van der Waals surface area contributed by atoms with Gasteiger partial charge >= 0.3 is 0 Å². The third kappa shape index (κ3) is 3.79. The van der Waals surface area contributed by atoms with Crippen molar-refractivity contribution in [2.75, 3.05) is 6.54 Å². The molecule has 5 rings (SSSR count). The van der Waals surface area contributed by atoms with E-state index in [0.29, 0.717) is 37.4 Å². The summed E-state index contributed by atoms with van der Waals surface area (Å²) in [6.07, 6.45) is 2.63. The highest BCUT2D eigenvalue weighted by Gasteiger charge is 2.16. The molecule has 0 spiro atoms. The number of rotatable bonds is 7. The highest BCUT2D eigenvalue weighted by atomic mass is 16.1. The molecule has 8 heteroatoms. The van der Waals surface area contributed by atoms with Crippen molar-refractivity contribution in [3.8, 4) is 0 Å². The van der Waals surface area contributed by atoms with Crippen molar-refractivity contribution >= 4 is 28.2 Å². The van der Waals surface area contributed by atoms with Gasteiger partial charge in [0.25, 0.3) is 5.78 Å². The third-order valence-electron chi connectivity index (χ3n) is 5.66. The van der Waals surface area contributed by atoms with Crippen molar-refractivity contribution in [1.82, 2.24) is 34.5 Å². The van der Waals surface area contributed by atoms with Crippen molar-refractivity contribution in [2.45, 2.75) is 39.5 Å². The average Bonchev–Trinajstić information content (AvgIpc) is 3.39. The van der Waals surface area contributed by atoms with Gasteiger partial charge in [0.1, 0.15) is 11.6 Å². The highest BCUT2D eigenvalue weighted by Crippen LogP contribution is 2.22. The van der Waals surface area contributed by atoms with Crippen LogP contribution in [0.4, 0.5) is 0 Å². The molecular weight excluding hydrogens is 402 g/mol. The molecular formula is C24H25N7O. The number of benzene rings is 2. The zero-order valence-corrected chi connectivity index (χ0v) is 18.2. The van der Waals surface area contributed by atoms with Gasteiger partial charge in [-0.25, -0.2) is 4.98 Å². The maximum absolute atomic E-state index is 12.3. The van der Waals surface area contributed by atoms with Crippen LogP contribution in [0.3, 0.4) is 0 Å². The van der Waals surface area contributed by atoms with Crippen LogP contribution < -0.4 is 5.32 Å². The molecule has 0 saturated carbocycles. The molecule has 8 nitrogen and oxygen atoms in total. The number of para-hydroxylation sites is 1. The molecule has 32 heavy (non-hydrogen) atoms. The van der Waals surface area contributed by atoms with Crippen LogP contribution >= 0.6 is 0 Å². The largest absolute Gasteiger partial charge is 0.356 e. The number of aryl methyl sites for hydroxylation is 3. The maximum atomic E-state index is 12.3. The quantitative estimate of drug-likeness (QED) is 0.431. The summed E-state index contributed by atoms with van der Waals surface area (Å²) < 4.78 is 3.76. The van der Waals surface area contributed by atoms with E-state index >= 15 is 0 Å². The van der Waals surface area contributed by atoms with E-state index in [0.717, 1.165) is 28.8 Å². The SMILES string of the molecule is Cc1ccc(CCNC(=O)CCCc2nnc3n4nc(C)nc4c4ccccc4n23)cc1. The number of amides is 1. The van der Waals surface area contributed by atoms with Crippen LogP contribution in [0, 0.1) is 13.8 Å². The summed E-state index contributed by atoms with van der Waals surface area (Å²) in [5, 5.41) is 17.3. The topological polar surface area (TPSA) is 89.5 Å². The molecule has 162 valence electrons. The van der Waals surface area contributed by atoms with Crippen LogP contribution in [0.15, 0.2) is 48.5 Å². The first-order valence-electron chi connectivity index (χ1n) is 10.9. The van der Waals surface area contributed by atoms with Crippen molar-refractivity contribution < 1.29 is 4.79 Å². The molecule has 0 saturated heterocycles. The third-order valence-corrected chi connectivity index (χ3v) is 5.66. The molecule has 0 radical (unpaired) electrons. The van der Waals surface area contributed by atoms with E-state index in [4.69, 9.17) is 0 Å². The summed E-state index contributed by atoms with van der Waals surface area (Å²) in [5.41, 5.74) is 4.24. The Hall–Kier alpha value is -3.81. The van der Waals surface area contributed by atoms with Crippen molar-refractivity contribution in [2.24, 2.45) is 0 Å². The molecule has 0 aliphatic heterocycles. The second-order valence-corrected chi connectivity index (χ2v) is 8.10. The summed E-state index contributed by atoms with van der Waals surface area (Å²) >= 11 is 0. The fraction of sp³-hybridized carbons (Fsp3) is 0.292. The van der Waals surface area contributed by atoms with Gasteiger partial charge in [-0.2, -0.15) is 4.52 Å². The van der Waals surface area contributed by atoms with Gasteiger partial charge < -0.3 is 5.32 Å². The Morgan fingerprint density at radius 2 is 1.81 bits per heavy atom. The summed E-state index contributed by atoms with van der Waals surface area (Å²) in [6, 6.07) is 16.5. The van der Waals surface area contributed by atoms with Gasteiger partial charge in [-0.15, -0.1) is 15.3 Å². The fourth-order valence-electron chi connectivity index (χ4n) is 4.04. The molecule has 3 aromatic heterocycles. The van der Waals surface area contributed by atoms with Crippen LogP contribution in [-0.2, 0) is 17.6 Å². The first-order chi connectivity index (χ1) is 15.6. The maximum Gasteiger partial charge on any atom is 0.258 e. The molecule has 0 aliphatic rings. The van der Waals surface area contributed by atoms with E-state index in [1.54, 1.807) is 4.52 Å². The minimum atomic E-state index is 0.0603. The van der Waals surface area contributed by atoms with Gasteiger partial charge in [0.2, 0.25) is 5.91 Å². The molecule has 0 unspecified atom stereocenters. The minimum Gasteiger partial charge on any atom is -0.356 e. The number of carbonyl (C=O) groups is 1. The van der Waals surface area contributed by atoms with E-state index < -0.39 is 0 Å². The lowest BCUT2D eigenvalue weighted by atomic mass is 10.1. The average molecular weight is 428 g/mol. The summed E-state index contributed by atoms with van der Waals surface area (Å²) in [6.45, 7) is 4.58. The van der Waals surface area contributed by atoms with Crippen LogP contribution in [-0.4, -0.2) is 41.6 Å². The van der Waals surface area contributed by atoms with E-state index in [1.807, 2.05) is 35.6 Å². The molecule has 5 aromatic rings. The number of hydrogen-bond acceptors (Lipinski definition) is 5. The van der Waals surface area contributed by atoms with Crippen molar-refractivity contribution in [3.05, 3.63) is 71.3 Å². The number of carbonyl (C=O) groups excluding carboxylic acids is 1. The van der Waals surface area contributed by atoms with Crippen LogP contribution in [0.1, 0.15) is 35.6 Å². The van der Waals surface area contributed by atoms with Crippen LogP contribution in [0.25, 0.3) is 22.3 Å². The first kappa shape index (κ1) is 20.1. The minimum absolute atomic E-state index is 0.0603. The van der Waals surface area contributed by atoms with E-state index in [9.17, 15) is 4.79 Å².